The average molecular weight is 395 g/mol. The molecule has 1 aromatic carbocycles. The van der Waals surface area contributed by atoms with E-state index < -0.39 is 6.61 Å². The largest absolute Gasteiger partial charge is 0.434 e. The number of alkyl halides is 2. The van der Waals surface area contributed by atoms with Gasteiger partial charge in [0.05, 0.1) is 0 Å². The van der Waals surface area contributed by atoms with Crippen molar-refractivity contribution in [3.8, 4) is 5.75 Å². The maximum absolute atomic E-state index is 12.6. The van der Waals surface area contributed by atoms with Crippen molar-refractivity contribution in [3.05, 3.63) is 41.0 Å². The van der Waals surface area contributed by atoms with Crippen LogP contribution < -0.4 is 15.4 Å². The van der Waals surface area contributed by atoms with Gasteiger partial charge in [-0.05, 0) is 19.4 Å². The highest BCUT2D eigenvalue weighted by molar-refractivity contribution is 5.79. The summed E-state index contributed by atoms with van der Waals surface area (Å²) in [6.45, 7) is 4.01. The van der Waals surface area contributed by atoms with E-state index in [1.807, 2.05) is 20.8 Å². The van der Waals surface area contributed by atoms with Gasteiger partial charge in [0.2, 0.25) is 5.89 Å². The molecule has 0 atom stereocenters. The normalized spacial score (nSPS) is 11.9. The number of nitrogens with zero attached hydrogens (tertiary/aromatic N) is 3. The van der Waals surface area contributed by atoms with Crippen LogP contribution in [0, 0.1) is 6.92 Å². The van der Waals surface area contributed by atoms with Gasteiger partial charge in [0.1, 0.15) is 5.75 Å². The van der Waals surface area contributed by atoms with Crippen molar-refractivity contribution < 1.29 is 18.0 Å². The maximum atomic E-state index is 12.6. The smallest absolute Gasteiger partial charge is 0.387 e. The number of halogens is 2. The van der Waals surface area contributed by atoms with Crippen molar-refractivity contribution in [1.82, 2.24) is 20.8 Å². The highest BCUT2D eigenvalue weighted by Gasteiger charge is 2.11. The highest BCUT2D eigenvalue weighted by Crippen LogP contribution is 2.22. The molecule has 28 heavy (non-hydrogen) atoms. The van der Waals surface area contributed by atoms with Crippen LogP contribution in [0.4, 0.5) is 8.78 Å². The fraction of sp³-hybridized carbons (Fsp3) is 0.526. The first-order valence-corrected chi connectivity index (χ1v) is 9.20. The molecule has 0 aliphatic heterocycles. The lowest BCUT2D eigenvalue weighted by Gasteiger charge is -2.15. The van der Waals surface area contributed by atoms with Gasteiger partial charge in [-0.25, -0.2) is 0 Å². The summed E-state index contributed by atoms with van der Waals surface area (Å²) in [7, 11) is 1.65. The fourth-order valence-electron chi connectivity index (χ4n) is 2.51. The molecule has 0 bridgehead atoms. The summed E-state index contributed by atoms with van der Waals surface area (Å²) in [5.74, 6) is 2.28. The summed E-state index contributed by atoms with van der Waals surface area (Å²) in [5, 5.41) is 10.2. The Morgan fingerprint density at radius 3 is 2.71 bits per heavy atom. The summed E-state index contributed by atoms with van der Waals surface area (Å²) >= 11 is 0. The summed E-state index contributed by atoms with van der Waals surface area (Å²) in [5.41, 5.74) is 1.59. The number of aryl methyl sites for hydroxylation is 2. The van der Waals surface area contributed by atoms with Gasteiger partial charge in [-0.1, -0.05) is 36.7 Å². The first kappa shape index (κ1) is 21.6. The van der Waals surface area contributed by atoms with Crippen LogP contribution in [-0.2, 0) is 13.0 Å². The van der Waals surface area contributed by atoms with Crippen LogP contribution >= 0.6 is 0 Å². The molecule has 1 heterocycles. The van der Waals surface area contributed by atoms with Gasteiger partial charge in [-0.2, -0.15) is 13.8 Å². The maximum Gasteiger partial charge on any atom is 0.387 e. The van der Waals surface area contributed by atoms with Crippen molar-refractivity contribution in [3.63, 3.8) is 0 Å². The van der Waals surface area contributed by atoms with Crippen molar-refractivity contribution in [2.45, 2.75) is 52.7 Å². The molecule has 0 spiro atoms. The van der Waals surface area contributed by atoms with Gasteiger partial charge < -0.3 is 19.9 Å². The second-order valence-corrected chi connectivity index (χ2v) is 6.65. The molecule has 0 aliphatic rings. The molecule has 0 amide bonds. The Kier molecular flexibility index (Phi) is 8.16. The van der Waals surface area contributed by atoms with Crippen LogP contribution in [0.1, 0.15) is 49.0 Å². The quantitative estimate of drug-likeness (QED) is 0.385. The molecule has 2 aromatic rings. The van der Waals surface area contributed by atoms with Crippen molar-refractivity contribution in [1.29, 1.82) is 0 Å². The van der Waals surface area contributed by atoms with Gasteiger partial charge in [0.15, 0.2) is 11.8 Å². The molecule has 0 saturated carbocycles. The second-order valence-electron chi connectivity index (χ2n) is 6.65. The molecule has 0 fully saturated rings. The number of benzene rings is 1. The van der Waals surface area contributed by atoms with Gasteiger partial charge in [0, 0.05) is 38.0 Å². The standard InChI is InChI=1S/C19H27F2N5O2/c1-12(2)17-25-16(28-26-17)6-5-9-23-19(22-4)24-11-14-10-13(3)7-8-15(14)27-18(20)21/h7-8,10,12,18H,5-6,9,11H2,1-4H3,(H2,22,23,24). The third kappa shape index (κ3) is 6.79. The third-order valence-electron chi connectivity index (χ3n) is 3.96. The van der Waals surface area contributed by atoms with E-state index in [0.717, 1.165) is 12.0 Å². The van der Waals surface area contributed by atoms with Crippen LogP contribution in [0.25, 0.3) is 0 Å². The number of hydrogen-bond acceptors (Lipinski definition) is 5. The van der Waals surface area contributed by atoms with Crippen molar-refractivity contribution in [2.75, 3.05) is 13.6 Å². The number of ether oxygens (including phenoxy) is 1. The summed E-state index contributed by atoms with van der Waals surface area (Å²) in [4.78, 5) is 8.48. The first-order valence-electron chi connectivity index (χ1n) is 9.20. The lowest BCUT2D eigenvalue weighted by atomic mass is 10.1. The predicted molar refractivity (Wildman–Crippen MR) is 103 cm³/mol. The molecule has 0 aliphatic carbocycles. The van der Waals surface area contributed by atoms with Gasteiger partial charge in [0.25, 0.3) is 0 Å². The third-order valence-corrected chi connectivity index (χ3v) is 3.96. The molecule has 7 nitrogen and oxygen atoms in total. The van der Waals surface area contributed by atoms with E-state index in [9.17, 15) is 8.78 Å². The Bertz CT molecular complexity index is 777. The van der Waals surface area contributed by atoms with E-state index in [0.29, 0.717) is 42.7 Å². The highest BCUT2D eigenvalue weighted by atomic mass is 19.3. The average Bonchev–Trinajstić information content (AvgIpc) is 3.12. The molecule has 2 rings (SSSR count). The molecule has 0 unspecified atom stereocenters. The Hall–Kier alpha value is -2.71. The molecule has 0 radical (unpaired) electrons. The zero-order chi connectivity index (χ0) is 20.5. The zero-order valence-electron chi connectivity index (χ0n) is 16.6. The minimum absolute atomic E-state index is 0.154. The van der Waals surface area contributed by atoms with Gasteiger partial charge in [-0.3, -0.25) is 4.99 Å². The molecule has 1 aromatic heterocycles. The molecular formula is C19H27F2N5O2. The van der Waals surface area contributed by atoms with Gasteiger partial charge >= 0.3 is 6.61 Å². The number of hydrogen-bond donors (Lipinski definition) is 2. The fourth-order valence-corrected chi connectivity index (χ4v) is 2.51. The van der Waals surface area contributed by atoms with Crippen molar-refractivity contribution >= 4 is 5.96 Å². The van der Waals surface area contributed by atoms with E-state index >= 15 is 0 Å². The van der Waals surface area contributed by atoms with Crippen LogP contribution in [0.15, 0.2) is 27.7 Å². The Morgan fingerprint density at radius 2 is 2.07 bits per heavy atom. The van der Waals surface area contributed by atoms with E-state index in [1.54, 1.807) is 25.2 Å². The predicted octanol–water partition coefficient (Wildman–Crippen LogP) is 3.40. The summed E-state index contributed by atoms with van der Waals surface area (Å²) in [6, 6.07) is 5.08. The number of rotatable bonds is 9. The minimum Gasteiger partial charge on any atom is -0.434 e. The monoisotopic (exact) mass is 395 g/mol. The van der Waals surface area contributed by atoms with Crippen LogP contribution in [0.3, 0.4) is 0 Å². The van der Waals surface area contributed by atoms with E-state index in [4.69, 9.17) is 4.52 Å². The minimum atomic E-state index is -2.86. The molecule has 154 valence electrons. The van der Waals surface area contributed by atoms with Crippen LogP contribution in [0.2, 0.25) is 0 Å². The molecule has 0 saturated heterocycles. The Labute approximate surface area is 163 Å². The SMILES string of the molecule is CN=C(NCCCc1nc(C(C)C)no1)NCc1cc(C)ccc1OC(F)F. The first-order chi connectivity index (χ1) is 13.4. The number of aliphatic imine (C=N–C) groups is 1. The topological polar surface area (TPSA) is 84.6 Å². The van der Waals surface area contributed by atoms with E-state index in [-0.39, 0.29) is 11.7 Å². The number of guanidine groups is 1. The van der Waals surface area contributed by atoms with E-state index in [1.165, 1.54) is 0 Å². The lowest BCUT2D eigenvalue weighted by Crippen LogP contribution is -2.37. The summed E-state index contributed by atoms with van der Waals surface area (Å²) < 4.78 is 34.9. The Morgan fingerprint density at radius 1 is 1.29 bits per heavy atom. The lowest BCUT2D eigenvalue weighted by molar-refractivity contribution is -0.0504. The van der Waals surface area contributed by atoms with Gasteiger partial charge in [-0.15, -0.1) is 0 Å². The number of nitrogens with one attached hydrogen (secondary N) is 2. The van der Waals surface area contributed by atoms with Crippen LogP contribution in [-0.4, -0.2) is 36.3 Å². The zero-order valence-corrected chi connectivity index (χ0v) is 16.6. The Balaban J connectivity index is 1.80. The van der Waals surface area contributed by atoms with Crippen LogP contribution in [0.5, 0.6) is 5.75 Å². The van der Waals surface area contributed by atoms with E-state index in [2.05, 4.69) is 30.5 Å². The molecule has 9 heteroatoms. The molecule has 2 N–H and O–H groups in total. The second kappa shape index (κ2) is 10.6. The van der Waals surface area contributed by atoms with Crippen molar-refractivity contribution in [2.24, 2.45) is 4.99 Å². The number of aromatic nitrogens is 2. The molecular weight excluding hydrogens is 368 g/mol. The summed E-state index contributed by atoms with van der Waals surface area (Å²) in [6.07, 6.45) is 1.44.